The first kappa shape index (κ1) is 23.4. The maximum Gasteiger partial charge on any atom is 0.387 e. The zero-order chi connectivity index (χ0) is 24.7. The molecule has 1 fully saturated rings. The second kappa shape index (κ2) is 9.48. The van der Waals surface area contributed by atoms with Crippen LogP contribution in [0.3, 0.4) is 0 Å². The number of hydrazone groups is 1. The van der Waals surface area contributed by atoms with E-state index in [0.29, 0.717) is 12.0 Å². The molecule has 0 aliphatic carbocycles. The Bertz CT molecular complexity index is 1280. The summed E-state index contributed by atoms with van der Waals surface area (Å²) in [4.78, 5) is 2.45. The van der Waals surface area contributed by atoms with E-state index in [2.05, 4.69) is 56.2 Å². The summed E-state index contributed by atoms with van der Waals surface area (Å²) in [6.45, 7) is -0.243. The minimum Gasteiger partial charge on any atom is -0.466 e. The highest BCUT2D eigenvalue weighted by atomic mass is 79.9. The van der Waals surface area contributed by atoms with Gasteiger partial charge in [-0.1, -0.05) is 58.4 Å². The highest BCUT2D eigenvalue weighted by Crippen LogP contribution is 2.51. The Kier molecular flexibility index (Phi) is 6.17. The quantitative estimate of drug-likeness (QED) is 0.357. The maximum atomic E-state index is 13.1. The molecule has 0 N–H and O–H groups in total. The molecule has 5 nitrogen and oxygen atoms in total. The fraction of sp³-hybridized carbons (Fsp3) is 0.321. The highest BCUT2D eigenvalue weighted by molar-refractivity contribution is 9.10. The third-order valence-electron chi connectivity index (χ3n) is 7.26. The van der Waals surface area contributed by atoms with Crippen molar-refractivity contribution in [1.82, 2.24) is 9.91 Å². The third-order valence-corrected chi connectivity index (χ3v) is 7.75. The first-order valence-corrected chi connectivity index (χ1v) is 13.0. The molecule has 8 heteroatoms. The predicted molar refractivity (Wildman–Crippen MR) is 137 cm³/mol. The Morgan fingerprint density at radius 1 is 1.03 bits per heavy atom. The van der Waals surface area contributed by atoms with E-state index in [1.54, 1.807) is 18.2 Å². The van der Waals surface area contributed by atoms with Crippen molar-refractivity contribution in [3.8, 4) is 11.5 Å². The Morgan fingerprint density at radius 2 is 1.78 bits per heavy atom. The SMILES string of the molecule is FC(F)Oc1ccccc1C1=NN2[C@@H](C1)c1cc(Br)ccc1OC21CCN(Cc2ccccc2)CC1. The summed E-state index contributed by atoms with van der Waals surface area (Å²) in [5.74, 6) is 1.01. The minimum atomic E-state index is -2.89. The van der Waals surface area contributed by atoms with E-state index < -0.39 is 12.3 Å². The number of para-hydroxylation sites is 1. The Labute approximate surface area is 217 Å². The van der Waals surface area contributed by atoms with Gasteiger partial charge < -0.3 is 9.47 Å². The Balaban J connectivity index is 1.32. The van der Waals surface area contributed by atoms with Crippen molar-refractivity contribution in [2.24, 2.45) is 5.10 Å². The normalized spacial score (nSPS) is 20.6. The van der Waals surface area contributed by atoms with Crippen LogP contribution in [0.15, 0.2) is 82.4 Å². The monoisotopic (exact) mass is 553 g/mol. The van der Waals surface area contributed by atoms with E-state index in [4.69, 9.17) is 14.6 Å². The zero-order valence-corrected chi connectivity index (χ0v) is 21.2. The van der Waals surface area contributed by atoms with Crippen molar-refractivity contribution in [2.45, 2.75) is 44.2 Å². The van der Waals surface area contributed by atoms with Gasteiger partial charge in [0.05, 0.1) is 11.8 Å². The van der Waals surface area contributed by atoms with E-state index in [0.717, 1.165) is 54.0 Å². The molecule has 186 valence electrons. The topological polar surface area (TPSA) is 37.3 Å². The molecular weight excluding hydrogens is 528 g/mol. The van der Waals surface area contributed by atoms with Crippen LogP contribution >= 0.6 is 15.9 Å². The van der Waals surface area contributed by atoms with Crippen LogP contribution in [-0.2, 0) is 6.54 Å². The van der Waals surface area contributed by atoms with Crippen molar-refractivity contribution >= 4 is 21.6 Å². The van der Waals surface area contributed by atoms with Crippen LogP contribution < -0.4 is 9.47 Å². The standard InChI is InChI=1S/C28H26BrF2N3O2/c29-20-10-11-26-22(16-20)24-17-23(21-8-4-5-9-25(21)35-27(30)31)32-34(24)28(36-26)12-14-33(15-13-28)18-19-6-2-1-3-7-19/h1-11,16,24,27H,12-15,17-18H2/t24-/m0/s1. The number of hydrogen-bond acceptors (Lipinski definition) is 5. The largest absolute Gasteiger partial charge is 0.466 e. The molecule has 36 heavy (non-hydrogen) atoms. The lowest BCUT2D eigenvalue weighted by Crippen LogP contribution is -2.59. The first-order valence-electron chi connectivity index (χ1n) is 12.2. The van der Waals surface area contributed by atoms with Gasteiger partial charge in [0, 0.05) is 54.5 Å². The number of rotatable bonds is 5. The molecule has 3 aliphatic rings. The Morgan fingerprint density at radius 3 is 2.56 bits per heavy atom. The van der Waals surface area contributed by atoms with Gasteiger partial charge in [-0.15, -0.1) is 0 Å². The summed E-state index contributed by atoms with van der Waals surface area (Å²) >= 11 is 3.59. The highest BCUT2D eigenvalue weighted by Gasteiger charge is 2.52. The number of alkyl halides is 2. The van der Waals surface area contributed by atoms with Gasteiger partial charge >= 0.3 is 6.61 Å². The molecule has 0 aromatic heterocycles. The van der Waals surface area contributed by atoms with Crippen LogP contribution in [-0.4, -0.2) is 41.0 Å². The number of fused-ring (bicyclic) bond motifs is 4. The summed E-state index contributed by atoms with van der Waals surface area (Å²) in [6, 6.07) is 23.4. The van der Waals surface area contributed by atoms with Gasteiger partial charge in [-0.2, -0.15) is 13.9 Å². The second-order valence-corrected chi connectivity index (χ2v) is 10.4. The zero-order valence-electron chi connectivity index (χ0n) is 19.6. The fourth-order valence-electron chi connectivity index (χ4n) is 5.55. The van der Waals surface area contributed by atoms with E-state index in [1.165, 1.54) is 5.56 Å². The van der Waals surface area contributed by atoms with Gasteiger partial charge in [-0.3, -0.25) is 4.90 Å². The fourth-order valence-corrected chi connectivity index (χ4v) is 5.93. The molecule has 0 unspecified atom stereocenters. The predicted octanol–water partition coefficient (Wildman–Crippen LogP) is 6.59. The van der Waals surface area contributed by atoms with Crippen molar-refractivity contribution in [3.63, 3.8) is 0 Å². The molecule has 3 aliphatic heterocycles. The lowest BCUT2D eigenvalue weighted by molar-refractivity contribution is -0.150. The lowest BCUT2D eigenvalue weighted by Gasteiger charge is -2.51. The van der Waals surface area contributed by atoms with Gasteiger partial charge in [0.25, 0.3) is 0 Å². The van der Waals surface area contributed by atoms with Gasteiger partial charge in [-0.25, -0.2) is 5.01 Å². The first-order chi connectivity index (χ1) is 17.5. The van der Waals surface area contributed by atoms with Gasteiger partial charge in [0.15, 0.2) is 0 Å². The summed E-state index contributed by atoms with van der Waals surface area (Å²) in [7, 11) is 0. The number of ether oxygens (including phenoxy) is 2. The van der Waals surface area contributed by atoms with E-state index in [-0.39, 0.29) is 11.8 Å². The van der Waals surface area contributed by atoms with Crippen LogP contribution in [0.4, 0.5) is 8.78 Å². The average Bonchev–Trinajstić information content (AvgIpc) is 3.34. The number of halogens is 3. The maximum absolute atomic E-state index is 13.1. The summed E-state index contributed by atoms with van der Waals surface area (Å²) < 4.78 is 38.7. The second-order valence-electron chi connectivity index (χ2n) is 9.48. The lowest BCUT2D eigenvalue weighted by atomic mass is 9.90. The molecule has 0 amide bonds. The van der Waals surface area contributed by atoms with Crippen LogP contribution in [0.5, 0.6) is 11.5 Å². The smallest absolute Gasteiger partial charge is 0.387 e. The number of hydrogen-bond donors (Lipinski definition) is 0. The van der Waals surface area contributed by atoms with Crippen molar-refractivity contribution in [2.75, 3.05) is 13.1 Å². The summed E-state index contributed by atoms with van der Waals surface area (Å²) in [6.07, 6.45) is 2.17. The number of piperidine rings is 1. The van der Waals surface area contributed by atoms with Gasteiger partial charge in [-0.05, 0) is 35.9 Å². The van der Waals surface area contributed by atoms with Crippen LogP contribution in [0.2, 0.25) is 0 Å². The molecular formula is C28H26BrF2N3O2. The molecule has 3 heterocycles. The van der Waals surface area contributed by atoms with Gasteiger partial charge in [0.1, 0.15) is 11.5 Å². The molecule has 1 spiro atoms. The van der Waals surface area contributed by atoms with Crippen LogP contribution in [0.1, 0.15) is 42.0 Å². The molecule has 0 bridgehead atoms. The number of nitrogens with zero attached hydrogens (tertiary/aromatic N) is 3. The van der Waals surface area contributed by atoms with E-state index >= 15 is 0 Å². The number of benzene rings is 3. The molecule has 1 atom stereocenters. The summed E-state index contributed by atoms with van der Waals surface area (Å²) in [5.41, 5.74) is 3.09. The number of likely N-dealkylation sites (tertiary alicyclic amines) is 1. The minimum absolute atomic E-state index is 0.0403. The van der Waals surface area contributed by atoms with E-state index in [9.17, 15) is 8.78 Å². The third kappa shape index (κ3) is 4.37. The molecule has 1 saturated heterocycles. The Hall–Kier alpha value is -2.97. The van der Waals surface area contributed by atoms with Crippen molar-refractivity contribution < 1.29 is 18.3 Å². The van der Waals surface area contributed by atoms with Crippen molar-refractivity contribution in [1.29, 1.82) is 0 Å². The van der Waals surface area contributed by atoms with E-state index in [1.807, 2.05) is 24.3 Å². The van der Waals surface area contributed by atoms with Crippen LogP contribution in [0.25, 0.3) is 0 Å². The molecule has 0 radical (unpaired) electrons. The summed E-state index contributed by atoms with van der Waals surface area (Å²) in [5, 5.41) is 7.12. The molecule has 6 rings (SSSR count). The van der Waals surface area contributed by atoms with Gasteiger partial charge in [0.2, 0.25) is 5.72 Å². The molecule has 3 aromatic rings. The van der Waals surface area contributed by atoms with Crippen LogP contribution in [0, 0.1) is 0 Å². The molecule has 3 aromatic carbocycles. The average molecular weight is 554 g/mol. The van der Waals surface area contributed by atoms with Crippen molar-refractivity contribution in [3.05, 3.63) is 94.0 Å². The molecule has 0 saturated carbocycles.